The van der Waals surface area contributed by atoms with E-state index in [2.05, 4.69) is 48.3 Å². The third-order valence-corrected chi connectivity index (χ3v) is 4.52. The Morgan fingerprint density at radius 1 is 1.33 bits per heavy atom. The molecule has 1 aliphatic rings. The van der Waals surface area contributed by atoms with E-state index < -0.39 is 0 Å². The highest BCUT2D eigenvalue weighted by atomic mass is 32.2. The van der Waals surface area contributed by atoms with Gasteiger partial charge in [-0.2, -0.15) is 11.8 Å². The minimum absolute atomic E-state index is 0.802. The third-order valence-electron chi connectivity index (χ3n) is 3.12. The van der Waals surface area contributed by atoms with Gasteiger partial charge in [-0.15, -0.1) is 0 Å². The maximum atomic E-state index is 5.57. The number of hydrogen-bond acceptors (Lipinski definition) is 3. The molecular weight excluding hydrogens is 242 g/mol. The lowest BCUT2D eigenvalue weighted by atomic mass is 10.2. The molecule has 100 valence electrons. The summed E-state index contributed by atoms with van der Waals surface area (Å²) in [4.78, 5) is 0. The van der Waals surface area contributed by atoms with E-state index in [1.807, 2.05) is 0 Å². The van der Waals surface area contributed by atoms with Crippen LogP contribution in [0.2, 0.25) is 0 Å². The van der Waals surface area contributed by atoms with E-state index in [0.29, 0.717) is 0 Å². The summed E-state index contributed by atoms with van der Waals surface area (Å²) in [7, 11) is 0. The smallest absolute Gasteiger partial charge is 0.119 e. The summed E-state index contributed by atoms with van der Waals surface area (Å²) in [5.41, 5.74) is 1.34. The Kier molecular flexibility index (Phi) is 5.88. The van der Waals surface area contributed by atoms with Gasteiger partial charge in [0.1, 0.15) is 5.75 Å². The zero-order valence-electron chi connectivity index (χ0n) is 11.2. The largest absolute Gasteiger partial charge is 0.494 e. The van der Waals surface area contributed by atoms with Gasteiger partial charge in [0.25, 0.3) is 0 Å². The Morgan fingerprint density at radius 3 is 2.83 bits per heavy atom. The van der Waals surface area contributed by atoms with E-state index in [1.165, 1.54) is 24.2 Å². The van der Waals surface area contributed by atoms with Crippen LogP contribution in [0.4, 0.5) is 0 Å². The second-order valence-electron chi connectivity index (χ2n) is 4.76. The molecular formula is C15H23NOS. The number of thioether (sulfide) groups is 1. The van der Waals surface area contributed by atoms with Crippen molar-refractivity contribution in [2.45, 2.75) is 38.0 Å². The molecule has 1 heterocycles. The fourth-order valence-electron chi connectivity index (χ4n) is 2.11. The van der Waals surface area contributed by atoms with Gasteiger partial charge < -0.3 is 10.1 Å². The van der Waals surface area contributed by atoms with Crippen molar-refractivity contribution in [2.24, 2.45) is 0 Å². The molecule has 1 aromatic rings. The van der Waals surface area contributed by atoms with E-state index in [1.54, 1.807) is 0 Å². The first-order valence-corrected chi connectivity index (χ1v) is 7.97. The number of ether oxygens (including phenoxy) is 1. The second kappa shape index (κ2) is 7.70. The predicted octanol–water partition coefficient (Wildman–Crippen LogP) is 3.46. The maximum Gasteiger partial charge on any atom is 0.119 e. The van der Waals surface area contributed by atoms with Gasteiger partial charge in [-0.25, -0.2) is 0 Å². The van der Waals surface area contributed by atoms with Crippen molar-refractivity contribution in [3.05, 3.63) is 29.8 Å². The minimum atomic E-state index is 0.802. The molecule has 18 heavy (non-hydrogen) atoms. The first-order chi connectivity index (χ1) is 8.88. The highest BCUT2D eigenvalue weighted by molar-refractivity contribution is 8.00. The minimum Gasteiger partial charge on any atom is -0.494 e. The van der Waals surface area contributed by atoms with E-state index in [-0.39, 0.29) is 0 Å². The lowest BCUT2D eigenvalue weighted by Gasteiger charge is -2.10. The van der Waals surface area contributed by atoms with E-state index in [9.17, 15) is 0 Å². The lowest BCUT2D eigenvalue weighted by molar-refractivity contribution is 0.317. The summed E-state index contributed by atoms with van der Waals surface area (Å²) in [6.07, 6.45) is 3.82. The quantitative estimate of drug-likeness (QED) is 0.816. The van der Waals surface area contributed by atoms with Crippen LogP contribution in [0.25, 0.3) is 0 Å². The van der Waals surface area contributed by atoms with Gasteiger partial charge in [-0.1, -0.05) is 19.1 Å². The van der Waals surface area contributed by atoms with Gasteiger partial charge in [-0.3, -0.25) is 0 Å². The van der Waals surface area contributed by atoms with E-state index >= 15 is 0 Å². The first kappa shape index (κ1) is 13.8. The molecule has 1 N–H and O–H groups in total. The maximum absolute atomic E-state index is 5.57. The molecule has 0 aliphatic carbocycles. The highest BCUT2D eigenvalue weighted by Crippen LogP contribution is 2.25. The van der Waals surface area contributed by atoms with Crippen molar-refractivity contribution in [3.8, 4) is 5.75 Å². The average molecular weight is 265 g/mol. The monoisotopic (exact) mass is 265 g/mol. The Morgan fingerprint density at radius 2 is 2.17 bits per heavy atom. The third kappa shape index (κ3) is 4.54. The molecule has 3 heteroatoms. The zero-order chi connectivity index (χ0) is 12.6. The molecule has 1 fully saturated rings. The van der Waals surface area contributed by atoms with Crippen LogP contribution in [0, 0.1) is 0 Å². The summed E-state index contributed by atoms with van der Waals surface area (Å²) in [5, 5.41) is 4.38. The van der Waals surface area contributed by atoms with Gasteiger partial charge in [0.05, 0.1) is 6.61 Å². The Balaban J connectivity index is 1.68. The van der Waals surface area contributed by atoms with Crippen molar-refractivity contribution in [3.63, 3.8) is 0 Å². The van der Waals surface area contributed by atoms with Gasteiger partial charge in [0.2, 0.25) is 0 Å². The van der Waals surface area contributed by atoms with Crippen LogP contribution in [0.15, 0.2) is 24.3 Å². The molecule has 0 radical (unpaired) electrons. The fourth-order valence-corrected chi connectivity index (χ4v) is 3.34. The van der Waals surface area contributed by atoms with Crippen molar-refractivity contribution in [1.29, 1.82) is 0 Å². The molecule has 1 aromatic carbocycles. The van der Waals surface area contributed by atoms with Crippen LogP contribution < -0.4 is 10.1 Å². The molecule has 0 bridgehead atoms. The molecule has 2 nitrogen and oxygen atoms in total. The molecule has 1 unspecified atom stereocenters. The summed E-state index contributed by atoms with van der Waals surface area (Å²) in [6, 6.07) is 8.44. The van der Waals surface area contributed by atoms with Crippen molar-refractivity contribution in [1.82, 2.24) is 5.32 Å². The van der Waals surface area contributed by atoms with E-state index in [4.69, 9.17) is 4.74 Å². The Labute approximate surface area is 114 Å². The van der Waals surface area contributed by atoms with Gasteiger partial charge in [-0.05, 0) is 42.7 Å². The Hall–Kier alpha value is -0.670. The molecule has 0 spiro atoms. The van der Waals surface area contributed by atoms with Gasteiger partial charge in [0.15, 0.2) is 0 Å². The SMILES string of the molecule is CCCOc1ccc(CNCC2CCCS2)cc1. The summed E-state index contributed by atoms with van der Waals surface area (Å²) >= 11 is 2.11. The molecule has 1 atom stereocenters. The van der Waals surface area contributed by atoms with Crippen LogP contribution in [-0.4, -0.2) is 24.2 Å². The summed E-state index contributed by atoms with van der Waals surface area (Å²) in [6.45, 7) is 5.03. The number of hydrogen-bond donors (Lipinski definition) is 1. The average Bonchev–Trinajstić information content (AvgIpc) is 2.91. The predicted molar refractivity (Wildman–Crippen MR) is 79.4 cm³/mol. The van der Waals surface area contributed by atoms with Crippen molar-refractivity contribution in [2.75, 3.05) is 18.9 Å². The fraction of sp³-hybridized carbons (Fsp3) is 0.600. The topological polar surface area (TPSA) is 21.3 Å². The summed E-state index contributed by atoms with van der Waals surface area (Å²) < 4.78 is 5.57. The standard InChI is InChI=1S/C15H23NOS/c1-2-9-17-14-7-5-13(6-8-14)11-16-12-15-4-3-10-18-15/h5-8,15-16H,2-4,9-12H2,1H3. The van der Waals surface area contributed by atoms with Crippen LogP contribution >= 0.6 is 11.8 Å². The van der Waals surface area contributed by atoms with E-state index in [0.717, 1.165) is 37.1 Å². The first-order valence-electron chi connectivity index (χ1n) is 6.92. The molecule has 1 saturated heterocycles. The van der Waals surface area contributed by atoms with Crippen molar-refractivity contribution >= 4 is 11.8 Å². The number of benzene rings is 1. The van der Waals surface area contributed by atoms with Gasteiger partial charge >= 0.3 is 0 Å². The number of rotatable bonds is 7. The van der Waals surface area contributed by atoms with Gasteiger partial charge in [0, 0.05) is 18.3 Å². The van der Waals surface area contributed by atoms with Crippen LogP contribution in [0.5, 0.6) is 5.75 Å². The normalized spacial score (nSPS) is 19.1. The molecule has 0 amide bonds. The molecule has 2 rings (SSSR count). The van der Waals surface area contributed by atoms with Crippen molar-refractivity contribution < 1.29 is 4.74 Å². The Bertz CT molecular complexity index is 333. The number of nitrogens with one attached hydrogen (secondary N) is 1. The molecule has 0 aromatic heterocycles. The highest BCUT2D eigenvalue weighted by Gasteiger charge is 2.14. The second-order valence-corrected chi connectivity index (χ2v) is 6.17. The molecule has 1 aliphatic heterocycles. The zero-order valence-corrected chi connectivity index (χ0v) is 12.0. The van der Waals surface area contributed by atoms with Crippen LogP contribution in [0.1, 0.15) is 31.7 Å². The summed E-state index contributed by atoms with van der Waals surface area (Å²) in [5.74, 6) is 2.32. The van der Waals surface area contributed by atoms with Crippen LogP contribution in [-0.2, 0) is 6.54 Å². The van der Waals surface area contributed by atoms with Crippen LogP contribution in [0.3, 0.4) is 0 Å². The lowest BCUT2D eigenvalue weighted by Crippen LogP contribution is -2.22. The molecule has 0 saturated carbocycles.